The van der Waals surface area contributed by atoms with Crippen LogP contribution in [0.4, 0.5) is 0 Å². The molecule has 1 unspecified atom stereocenters. The Morgan fingerprint density at radius 2 is 1.58 bits per heavy atom. The number of sulfone groups is 1. The predicted octanol–water partition coefficient (Wildman–Crippen LogP) is 6.08. The Kier molecular flexibility index (Phi) is 5.44. The van der Waals surface area contributed by atoms with Crippen LogP contribution in [0.3, 0.4) is 0 Å². The van der Waals surface area contributed by atoms with Crippen LogP contribution in [-0.4, -0.2) is 8.42 Å². The van der Waals surface area contributed by atoms with Gasteiger partial charge in [-0.15, -0.1) is 0 Å². The third-order valence-electron chi connectivity index (χ3n) is 4.47. The minimum absolute atomic E-state index is 0.0502. The molecule has 0 aliphatic carbocycles. The molecule has 0 spiro atoms. The van der Waals surface area contributed by atoms with E-state index in [0.29, 0.717) is 9.37 Å². The van der Waals surface area contributed by atoms with Gasteiger partial charge < -0.3 is 0 Å². The second-order valence-corrected chi connectivity index (χ2v) is 8.78. The average Bonchev–Trinajstić information content (AvgIpc) is 2.68. The van der Waals surface area contributed by atoms with Gasteiger partial charge in [0.2, 0.25) is 9.84 Å². The highest BCUT2D eigenvalue weighted by atomic mass is 79.9. The molecule has 0 amide bonds. The van der Waals surface area contributed by atoms with Gasteiger partial charge in [0.25, 0.3) is 0 Å². The molecule has 4 heteroatoms. The van der Waals surface area contributed by atoms with Gasteiger partial charge in [0.15, 0.2) is 0 Å². The van der Waals surface area contributed by atoms with Crippen molar-refractivity contribution < 1.29 is 8.42 Å². The molecule has 0 aliphatic rings. The molecule has 26 heavy (non-hydrogen) atoms. The fourth-order valence-corrected chi connectivity index (χ4v) is 5.52. The van der Waals surface area contributed by atoms with Gasteiger partial charge in [-0.25, -0.2) is 8.42 Å². The van der Waals surface area contributed by atoms with Crippen LogP contribution in [0.2, 0.25) is 0 Å². The van der Waals surface area contributed by atoms with Crippen LogP contribution in [0.5, 0.6) is 0 Å². The maximum Gasteiger partial charge on any atom is 0.207 e. The Balaban J connectivity index is 2.05. The topological polar surface area (TPSA) is 34.1 Å². The van der Waals surface area contributed by atoms with Crippen LogP contribution < -0.4 is 0 Å². The number of halogens is 1. The summed E-state index contributed by atoms with van der Waals surface area (Å²) in [7, 11) is -3.58. The maximum atomic E-state index is 13.0. The Morgan fingerprint density at radius 3 is 2.19 bits per heavy atom. The van der Waals surface area contributed by atoms with Crippen molar-refractivity contribution in [2.75, 3.05) is 0 Å². The van der Waals surface area contributed by atoms with E-state index in [4.69, 9.17) is 0 Å². The molecule has 0 aromatic heterocycles. The zero-order valence-electron chi connectivity index (χ0n) is 14.4. The fraction of sp³-hybridized carbons (Fsp3) is 0.0909. The normalized spacial score (nSPS) is 12.5. The zero-order chi connectivity index (χ0) is 18.7. The van der Waals surface area contributed by atoms with Gasteiger partial charge in [-0.2, -0.15) is 0 Å². The van der Waals surface area contributed by atoms with Crippen LogP contribution in [0.1, 0.15) is 29.5 Å². The van der Waals surface area contributed by atoms with Crippen LogP contribution in [-0.2, 0) is 9.84 Å². The molecule has 0 fully saturated rings. The summed E-state index contributed by atoms with van der Waals surface area (Å²) >= 11 is 3.55. The van der Waals surface area contributed by atoms with E-state index < -0.39 is 9.84 Å². The molecule has 0 bridgehead atoms. The molecule has 0 radical (unpaired) electrons. The Labute approximate surface area is 163 Å². The summed E-state index contributed by atoms with van der Waals surface area (Å²) in [5, 5.41) is 0. The van der Waals surface area contributed by atoms with Crippen molar-refractivity contribution in [3.63, 3.8) is 0 Å². The molecule has 0 N–H and O–H groups in total. The standard InChI is InChI=1S/C22H19BrO2S/c1-3-17-12-14-18(15-13-17)16(2)20-10-7-11-21(22(20)23)26(24,25)19-8-5-4-6-9-19/h3-16H,1H2,2H3. The van der Waals surface area contributed by atoms with Gasteiger partial charge in [-0.3, -0.25) is 0 Å². The second-order valence-electron chi connectivity index (χ2n) is 6.07. The summed E-state index contributed by atoms with van der Waals surface area (Å²) in [6.07, 6.45) is 1.80. The fourth-order valence-electron chi connectivity index (χ4n) is 2.90. The Bertz CT molecular complexity index is 1020. The van der Waals surface area contributed by atoms with Crippen LogP contribution in [0.25, 0.3) is 6.08 Å². The van der Waals surface area contributed by atoms with E-state index in [1.54, 1.807) is 48.5 Å². The lowest BCUT2D eigenvalue weighted by Crippen LogP contribution is -2.06. The van der Waals surface area contributed by atoms with Crippen molar-refractivity contribution in [1.82, 2.24) is 0 Å². The van der Waals surface area contributed by atoms with E-state index in [2.05, 4.69) is 29.4 Å². The van der Waals surface area contributed by atoms with Gasteiger partial charge in [-0.1, -0.05) is 74.2 Å². The maximum absolute atomic E-state index is 13.0. The Morgan fingerprint density at radius 1 is 0.923 bits per heavy atom. The molecule has 3 aromatic carbocycles. The SMILES string of the molecule is C=Cc1ccc(C(C)c2cccc(S(=O)(=O)c3ccccc3)c2Br)cc1. The zero-order valence-corrected chi connectivity index (χ0v) is 16.8. The van der Waals surface area contributed by atoms with Crippen LogP contribution in [0, 0.1) is 0 Å². The van der Waals surface area contributed by atoms with Crippen LogP contribution in [0.15, 0.2) is 93.6 Å². The first-order valence-corrected chi connectivity index (χ1v) is 10.5. The molecule has 0 saturated carbocycles. The van der Waals surface area contributed by atoms with Crippen molar-refractivity contribution >= 4 is 31.8 Å². The highest BCUT2D eigenvalue weighted by Gasteiger charge is 2.23. The lowest BCUT2D eigenvalue weighted by Gasteiger charge is -2.17. The molecule has 132 valence electrons. The third kappa shape index (κ3) is 3.53. The van der Waals surface area contributed by atoms with Crippen molar-refractivity contribution in [2.45, 2.75) is 22.6 Å². The monoisotopic (exact) mass is 426 g/mol. The molecule has 3 aromatic rings. The van der Waals surface area contributed by atoms with Gasteiger partial charge in [0.05, 0.1) is 9.79 Å². The molecular weight excluding hydrogens is 408 g/mol. The summed E-state index contributed by atoms with van der Waals surface area (Å²) in [6.45, 7) is 5.84. The van der Waals surface area contributed by atoms with Gasteiger partial charge in [-0.05, 0) is 50.8 Å². The lowest BCUT2D eigenvalue weighted by molar-refractivity contribution is 0.595. The van der Waals surface area contributed by atoms with Crippen LogP contribution >= 0.6 is 15.9 Å². The van der Waals surface area contributed by atoms with E-state index in [1.807, 2.05) is 30.3 Å². The quantitative estimate of drug-likeness (QED) is 0.495. The summed E-state index contributed by atoms with van der Waals surface area (Å²) < 4.78 is 26.6. The number of benzene rings is 3. The molecule has 1 atom stereocenters. The van der Waals surface area contributed by atoms with Gasteiger partial charge in [0.1, 0.15) is 0 Å². The first-order valence-electron chi connectivity index (χ1n) is 8.26. The molecular formula is C22H19BrO2S. The molecule has 0 heterocycles. The van der Waals surface area contributed by atoms with Gasteiger partial charge >= 0.3 is 0 Å². The van der Waals surface area contributed by atoms with E-state index in [1.165, 1.54) is 0 Å². The highest BCUT2D eigenvalue weighted by Crippen LogP contribution is 2.36. The molecule has 0 aliphatic heterocycles. The summed E-state index contributed by atoms with van der Waals surface area (Å²) in [5.41, 5.74) is 3.11. The van der Waals surface area contributed by atoms with Crippen molar-refractivity contribution in [2.24, 2.45) is 0 Å². The Hall–Kier alpha value is -2.17. The summed E-state index contributed by atoms with van der Waals surface area (Å²) in [5.74, 6) is 0.0502. The van der Waals surface area contributed by atoms with Crippen molar-refractivity contribution in [1.29, 1.82) is 0 Å². The number of hydrogen-bond acceptors (Lipinski definition) is 2. The minimum atomic E-state index is -3.58. The second kappa shape index (κ2) is 7.60. The first kappa shape index (κ1) is 18.6. The lowest BCUT2D eigenvalue weighted by atomic mass is 9.92. The highest BCUT2D eigenvalue weighted by molar-refractivity contribution is 9.10. The largest absolute Gasteiger partial charge is 0.218 e. The number of rotatable bonds is 5. The van der Waals surface area contributed by atoms with E-state index >= 15 is 0 Å². The van der Waals surface area contributed by atoms with Gasteiger partial charge in [0, 0.05) is 10.4 Å². The molecule has 0 saturated heterocycles. The minimum Gasteiger partial charge on any atom is -0.218 e. The number of hydrogen-bond donors (Lipinski definition) is 0. The predicted molar refractivity (Wildman–Crippen MR) is 110 cm³/mol. The van der Waals surface area contributed by atoms with Crippen molar-refractivity contribution in [3.05, 3.63) is 101 Å². The summed E-state index contributed by atoms with van der Waals surface area (Å²) in [6, 6.07) is 22.0. The third-order valence-corrected chi connectivity index (χ3v) is 7.43. The van der Waals surface area contributed by atoms with E-state index in [9.17, 15) is 8.42 Å². The smallest absolute Gasteiger partial charge is 0.207 e. The molecule has 3 rings (SSSR count). The van der Waals surface area contributed by atoms with E-state index in [0.717, 1.165) is 16.7 Å². The summed E-state index contributed by atoms with van der Waals surface area (Å²) in [4.78, 5) is 0.580. The average molecular weight is 427 g/mol. The first-order chi connectivity index (χ1) is 12.4. The molecule has 2 nitrogen and oxygen atoms in total. The van der Waals surface area contributed by atoms with E-state index in [-0.39, 0.29) is 10.8 Å². The van der Waals surface area contributed by atoms with Crippen molar-refractivity contribution in [3.8, 4) is 0 Å².